The molecule has 10 nitrogen and oxygen atoms in total. The minimum absolute atomic E-state index is 0.000198. The molecule has 3 aliphatic rings. The van der Waals surface area contributed by atoms with E-state index in [1.807, 2.05) is 0 Å². The third-order valence-electron chi connectivity index (χ3n) is 5.78. The number of amides is 2. The molecular weight excluding hydrogens is 366 g/mol. The number of nitrogens with zero attached hydrogens (tertiary/aromatic N) is 2. The van der Waals surface area contributed by atoms with Crippen molar-refractivity contribution >= 4 is 11.8 Å². The van der Waals surface area contributed by atoms with Gasteiger partial charge < -0.3 is 25.2 Å². The zero-order chi connectivity index (χ0) is 19.7. The standard InChI is InChI=1S/C18H27N5O5/c1-9-19-14(23-22-9)6-15(25)20-11-4-2-10(3-5-11)18(26)21-12-7-27-17-13(24)8-28-16(12)17/h10-13,16-17,24H,2-8H2,1H3,(H,20,25)(H,21,26)(H,19,22,23)/t10?,11?,12-,13-,16+,17+/m0/s1. The molecule has 0 spiro atoms. The van der Waals surface area contributed by atoms with Gasteiger partial charge in [0.25, 0.3) is 0 Å². The largest absolute Gasteiger partial charge is 0.388 e. The summed E-state index contributed by atoms with van der Waals surface area (Å²) in [5, 5.41) is 22.5. The van der Waals surface area contributed by atoms with E-state index in [2.05, 4.69) is 25.8 Å². The molecule has 4 N–H and O–H groups in total. The molecule has 28 heavy (non-hydrogen) atoms. The molecule has 1 saturated carbocycles. The maximum atomic E-state index is 12.6. The summed E-state index contributed by atoms with van der Waals surface area (Å²) in [7, 11) is 0. The fraction of sp³-hybridized carbons (Fsp3) is 0.778. The van der Waals surface area contributed by atoms with Gasteiger partial charge in [0.05, 0.1) is 25.7 Å². The highest BCUT2D eigenvalue weighted by Crippen LogP contribution is 2.29. The Hall–Kier alpha value is -2.04. The molecule has 3 heterocycles. The Morgan fingerprint density at radius 2 is 1.89 bits per heavy atom. The lowest BCUT2D eigenvalue weighted by Gasteiger charge is -2.29. The van der Waals surface area contributed by atoms with Gasteiger partial charge in [0.15, 0.2) is 5.82 Å². The fourth-order valence-electron chi connectivity index (χ4n) is 4.29. The lowest BCUT2D eigenvalue weighted by Crippen LogP contribution is -2.48. The molecule has 2 aliphatic heterocycles. The number of H-pyrrole nitrogens is 1. The van der Waals surface area contributed by atoms with Crippen molar-refractivity contribution < 1.29 is 24.2 Å². The summed E-state index contributed by atoms with van der Waals surface area (Å²) in [6.45, 7) is 2.41. The van der Waals surface area contributed by atoms with Gasteiger partial charge in [0, 0.05) is 12.0 Å². The number of aromatic nitrogens is 3. The van der Waals surface area contributed by atoms with Crippen LogP contribution in [0.3, 0.4) is 0 Å². The first kappa shape index (κ1) is 19.3. The van der Waals surface area contributed by atoms with Gasteiger partial charge in [-0.1, -0.05) is 0 Å². The van der Waals surface area contributed by atoms with Crippen molar-refractivity contribution in [2.75, 3.05) is 13.2 Å². The second kappa shape index (κ2) is 8.14. The van der Waals surface area contributed by atoms with Crippen molar-refractivity contribution in [1.29, 1.82) is 0 Å². The van der Waals surface area contributed by atoms with Crippen molar-refractivity contribution in [2.24, 2.45) is 5.92 Å². The van der Waals surface area contributed by atoms with Crippen LogP contribution in [0, 0.1) is 12.8 Å². The van der Waals surface area contributed by atoms with Gasteiger partial charge in [-0.3, -0.25) is 14.7 Å². The number of ether oxygens (including phenoxy) is 2. The van der Waals surface area contributed by atoms with Gasteiger partial charge in [-0.15, -0.1) is 0 Å². The van der Waals surface area contributed by atoms with Gasteiger partial charge in [-0.25, -0.2) is 4.98 Å². The molecule has 0 radical (unpaired) electrons. The summed E-state index contributed by atoms with van der Waals surface area (Å²) in [5.74, 6) is 0.998. The first-order chi connectivity index (χ1) is 13.5. The summed E-state index contributed by atoms with van der Waals surface area (Å²) in [4.78, 5) is 28.9. The van der Waals surface area contributed by atoms with Crippen LogP contribution < -0.4 is 10.6 Å². The van der Waals surface area contributed by atoms with Crippen LogP contribution >= 0.6 is 0 Å². The molecule has 4 rings (SSSR count). The maximum Gasteiger partial charge on any atom is 0.227 e. The van der Waals surface area contributed by atoms with E-state index in [-0.39, 0.29) is 55.1 Å². The van der Waals surface area contributed by atoms with E-state index in [0.29, 0.717) is 18.3 Å². The molecule has 10 heteroatoms. The molecule has 154 valence electrons. The Morgan fingerprint density at radius 3 is 2.61 bits per heavy atom. The van der Waals surface area contributed by atoms with E-state index in [9.17, 15) is 14.7 Å². The first-order valence-corrected chi connectivity index (χ1v) is 9.88. The molecule has 0 unspecified atom stereocenters. The van der Waals surface area contributed by atoms with E-state index in [1.165, 1.54) is 0 Å². The average molecular weight is 393 g/mol. The topological polar surface area (TPSA) is 138 Å². The molecule has 3 fully saturated rings. The second-order valence-corrected chi connectivity index (χ2v) is 7.91. The summed E-state index contributed by atoms with van der Waals surface area (Å²) in [5.41, 5.74) is 0. The molecule has 2 amide bonds. The number of aliphatic hydroxyl groups excluding tert-OH is 1. The summed E-state index contributed by atoms with van der Waals surface area (Å²) < 4.78 is 11.1. The zero-order valence-electron chi connectivity index (χ0n) is 15.9. The number of carbonyl (C=O) groups is 2. The Labute approximate surface area is 162 Å². The molecule has 0 bridgehead atoms. The van der Waals surface area contributed by atoms with Gasteiger partial charge in [-0.2, -0.15) is 5.10 Å². The Kier molecular flexibility index (Phi) is 5.61. The number of aromatic amines is 1. The Bertz CT molecular complexity index is 717. The molecule has 1 aliphatic carbocycles. The normalized spacial score (nSPS) is 34.8. The van der Waals surface area contributed by atoms with E-state index in [1.54, 1.807) is 6.92 Å². The number of carbonyl (C=O) groups excluding carboxylic acids is 2. The van der Waals surface area contributed by atoms with Crippen LogP contribution in [0.15, 0.2) is 0 Å². The van der Waals surface area contributed by atoms with Crippen molar-refractivity contribution in [3.8, 4) is 0 Å². The number of rotatable bonds is 5. The third kappa shape index (κ3) is 4.18. The predicted octanol–water partition coefficient (Wildman–Crippen LogP) is -1.03. The van der Waals surface area contributed by atoms with E-state index >= 15 is 0 Å². The molecule has 4 atom stereocenters. The fourth-order valence-corrected chi connectivity index (χ4v) is 4.29. The molecule has 1 aromatic heterocycles. The highest BCUT2D eigenvalue weighted by Gasteiger charge is 2.48. The molecule has 2 saturated heterocycles. The monoisotopic (exact) mass is 393 g/mol. The minimum Gasteiger partial charge on any atom is -0.388 e. The number of aliphatic hydroxyl groups is 1. The Morgan fingerprint density at radius 1 is 1.14 bits per heavy atom. The van der Waals surface area contributed by atoms with Crippen LogP contribution in [0.1, 0.15) is 37.3 Å². The van der Waals surface area contributed by atoms with Crippen LogP contribution in [-0.2, 0) is 25.5 Å². The minimum atomic E-state index is -0.619. The van der Waals surface area contributed by atoms with Crippen LogP contribution in [0.5, 0.6) is 0 Å². The van der Waals surface area contributed by atoms with Gasteiger partial charge in [0.2, 0.25) is 11.8 Å². The SMILES string of the molecule is Cc1nc(CC(=O)NC2CCC(C(=O)N[C@H]3CO[C@H]4[C@@H]3OC[C@@H]4O)CC2)n[nH]1. The number of fused-ring (bicyclic) bond motifs is 1. The van der Waals surface area contributed by atoms with Crippen molar-refractivity contribution in [1.82, 2.24) is 25.8 Å². The highest BCUT2D eigenvalue weighted by atomic mass is 16.6. The lowest BCUT2D eigenvalue weighted by molar-refractivity contribution is -0.127. The average Bonchev–Trinajstić information content (AvgIpc) is 3.35. The molecular formula is C18H27N5O5. The van der Waals surface area contributed by atoms with E-state index in [0.717, 1.165) is 25.7 Å². The van der Waals surface area contributed by atoms with Gasteiger partial charge >= 0.3 is 0 Å². The van der Waals surface area contributed by atoms with Crippen molar-refractivity contribution in [3.63, 3.8) is 0 Å². The number of hydrogen-bond acceptors (Lipinski definition) is 7. The van der Waals surface area contributed by atoms with Gasteiger partial charge in [-0.05, 0) is 32.6 Å². The van der Waals surface area contributed by atoms with Crippen molar-refractivity contribution in [2.45, 2.75) is 69.4 Å². The second-order valence-electron chi connectivity index (χ2n) is 7.91. The van der Waals surface area contributed by atoms with E-state index < -0.39 is 6.10 Å². The maximum absolute atomic E-state index is 12.6. The number of nitrogens with one attached hydrogen (secondary N) is 3. The van der Waals surface area contributed by atoms with Crippen LogP contribution in [0.25, 0.3) is 0 Å². The molecule has 1 aromatic rings. The number of aryl methyl sites for hydroxylation is 1. The van der Waals surface area contributed by atoms with E-state index in [4.69, 9.17) is 9.47 Å². The zero-order valence-corrected chi connectivity index (χ0v) is 15.9. The summed E-state index contributed by atoms with van der Waals surface area (Å²) >= 11 is 0. The lowest BCUT2D eigenvalue weighted by atomic mass is 9.85. The third-order valence-corrected chi connectivity index (χ3v) is 5.78. The first-order valence-electron chi connectivity index (χ1n) is 9.88. The summed E-state index contributed by atoms with van der Waals surface area (Å²) in [6, 6.07) is -0.138. The van der Waals surface area contributed by atoms with Gasteiger partial charge in [0.1, 0.15) is 24.1 Å². The number of hydrogen-bond donors (Lipinski definition) is 4. The summed E-state index contributed by atoms with van der Waals surface area (Å²) in [6.07, 6.45) is 1.90. The smallest absolute Gasteiger partial charge is 0.227 e. The quantitative estimate of drug-likeness (QED) is 0.502. The molecule has 0 aromatic carbocycles. The highest BCUT2D eigenvalue weighted by molar-refractivity contribution is 5.80. The predicted molar refractivity (Wildman–Crippen MR) is 96.1 cm³/mol. The van der Waals surface area contributed by atoms with Crippen molar-refractivity contribution in [3.05, 3.63) is 11.6 Å². The van der Waals surface area contributed by atoms with Crippen LogP contribution in [0.2, 0.25) is 0 Å². The van der Waals surface area contributed by atoms with Crippen LogP contribution in [0.4, 0.5) is 0 Å². The van der Waals surface area contributed by atoms with Crippen LogP contribution in [-0.4, -0.2) is 75.7 Å². The Balaban J connectivity index is 1.19.